The van der Waals surface area contributed by atoms with E-state index in [4.69, 9.17) is 4.74 Å². The van der Waals surface area contributed by atoms with E-state index in [0.29, 0.717) is 10.4 Å². The summed E-state index contributed by atoms with van der Waals surface area (Å²) in [6.07, 6.45) is 0. The topological polar surface area (TPSA) is 78.2 Å². The molecule has 18 heavy (non-hydrogen) atoms. The van der Waals surface area contributed by atoms with Crippen molar-refractivity contribution in [3.63, 3.8) is 0 Å². The first-order chi connectivity index (χ1) is 8.56. The number of rotatable bonds is 3. The lowest BCUT2D eigenvalue weighted by Crippen LogP contribution is -1.96. The second kappa shape index (κ2) is 5.09. The molecule has 2 rings (SSSR count). The van der Waals surface area contributed by atoms with Crippen LogP contribution in [-0.4, -0.2) is 14.9 Å². The third-order valence-electron chi connectivity index (χ3n) is 2.06. The zero-order valence-electron chi connectivity index (χ0n) is 9.33. The molecule has 92 valence electrons. The average Bonchev–Trinajstić information content (AvgIpc) is 2.27. The van der Waals surface area contributed by atoms with Crippen LogP contribution in [0.5, 0.6) is 11.6 Å². The standard InChI is InChI=1S/C11H8BrN3O3/c1-7-13-10(12)6-11(14-7)18-9-5-3-2-4-8(9)15(16)17/h2-6H,1H3. The van der Waals surface area contributed by atoms with Gasteiger partial charge in [0.15, 0.2) is 0 Å². The van der Waals surface area contributed by atoms with Gasteiger partial charge in [0, 0.05) is 12.1 Å². The van der Waals surface area contributed by atoms with E-state index in [9.17, 15) is 10.1 Å². The molecule has 6 nitrogen and oxygen atoms in total. The second-order valence-electron chi connectivity index (χ2n) is 3.40. The van der Waals surface area contributed by atoms with Crippen LogP contribution in [0.1, 0.15) is 5.82 Å². The molecule has 1 heterocycles. The molecule has 0 aliphatic heterocycles. The number of nitro benzene ring substituents is 1. The number of nitrogens with zero attached hydrogens (tertiary/aromatic N) is 3. The van der Waals surface area contributed by atoms with E-state index >= 15 is 0 Å². The fourth-order valence-electron chi connectivity index (χ4n) is 1.36. The number of aryl methyl sites for hydroxylation is 1. The highest BCUT2D eigenvalue weighted by Gasteiger charge is 2.15. The van der Waals surface area contributed by atoms with Crippen LogP contribution in [-0.2, 0) is 0 Å². The van der Waals surface area contributed by atoms with Gasteiger partial charge in [0.2, 0.25) is 11.6 Å². The Morgan fingerprint density at radius 1 is 1.33 bits per heavy atom. The Hall–Kier alpha value is -2.02. The number of ether oxygens (including phenoxy) is 1. The molecule has 0 aliphatic carbocycles. The van der Waals surface area contributed by atoms with E-state index in [-0.39, 0.29) is 17.3 Å². The maximum atomic E-state index is 10.8. The number of halogens is 1. The molecule has 0 bridgehead atoms. The molecule has 0 saturated carbocycles. The largest absolute Gasteiger partial charge is 0.432 e. The number of aromatic nitrogens is 2. The number of benzene rings is 1. The summed E-state index contributed by atoms with van der Waals surface area (Å²) < 4.78 is 5.97. The first-order valence-electron chi connectivity index (χ1n) is 4.99. The van der Waals surface area contributed by atoms with Gasteiger partial charge < -0.3 is 4.74 Å². The molecule has 0 unspecified atom stereocenters. The Morgan fingerprint density at radius 2 is 2.06 bits per heavy atom. The molecule has 0 atom stereocenters. The summed E-state index contributed by atoms with van der Waals surface area (Å²) in [5, 5.41) is 10.8. The van der Waals surface area contributed by atoms with E-state index in [1.165, 1.54) is 12.1 Å². The van der Waals surface area contributed by atoms with Crippen molar-refractivity contribution in [2.45, 2.75) is 6.92 Å². The van der Waals surface area contributed by atoms with Gasteiger partial charge in [-0.25, -0.2) is 4.98 Å². The number of para-hydroxylation sites is 2. The Bertz CT molecular complexity index is 584. The number of hydrogen-bond donors (Lipinski definition) is 0. The van der Waals surface area contributed by atoms with Crippen molar-refractivity contribution in [2.75, 3.05) is 0 Å². The van der Waals surface area contributed by atoms with E-state index in [2.05, 4.69) is 25.9 Å². The third-order valence-corrected chi connectivity index (χ3v) is 2.47. The first-order valence-corrected chi connectivity index (χ1v) is 5.78. The minimum Gasteiger partial charge on any atom is -0.432 e. The summed E-state index contributed by atoms with van der Waals surface area (Å²) in [6.45, 7) is 1.71. The van der Waals surface area contributed by atoms with Crippen molar-refractivity contribution < 1.29 is 9.66 Å². The van der Waals surface area contributed by atoms with Crippen molar-refractivity contribution in [2.24, 2.45) is 0 Å². The Balaban J connectivity index is 2.37. The molecule has 0 amide bonds. The highest BCUT2D eigenvalue weighted by atomic mass is 79.9. The molecule has 0 fully saturated rings. The molecule has 0 saturated heterocycles. The number of nitro groups is 1. The predicted octanol–water partition coefficient (Wildman–Crippen LogP) is 3.25. The second-order valence-corrected chi connectivity index (χ2v) is 4.22. The summed E-state index contributed by atoms with van der Waals surface area (Å²) >= 11 is 3.21. The zero-order valence-corrected chi connectivity index (χ0v) is 10.9. The van der Waals surface area contributed by atoms with Crippen LogP contribution in [0.2, 0.25) is 0 Å². The summed E-state index contributed by atoms with van der Waals surface area (Å²) in [5.74, 6) is 0.911. The van der Waals surface area contributed by atoms with Crippen molar-refractivity contribution in [3.8, 4) is 11.6 Å². The Labute approximate surface area is 111 Å². The smallest absolute Gasteiger partial charge is 0.311 e. The van der Waals surface area contributed by atoms with E-state index in [0.717, 1.165) is 0 Å². The molecule has 7 heteroatoms. The SMILES string of the molecule is Cc1nc(Br)cc(Oc2ccccc2[N+](=O)[O-])n1. The van der Waals surface area contributed by atoms with Crippen molar-refractivity contribution in [1.29, 1.82) is 0 Å². The van der Waals surface area contributed by atoms with Crippen LogP contribution in [0.25, 0.3) is 0 Å². The van der Waals surface area contributed by atoms with Gasteiger partial charge in [-0.1, -0.05) is 12.1 Å². The van der Waals surface area contributed by atoms with Crippen LogP contribution in [0.3, 0.4) is 0 Å². The molecule has 1 aromatic carbocycles. The predicted molar refractivity (Wildman–Crippen MR) is 67.6 cm³/mol. The van der Waals surface area contributed by atoms with Crippen molar-refractivity contribution >= 4 is 21.6 Å². The van der Waals surface area contributed by atoms with E-state index in [1.54, 1.807) is 25.1 Å². The van der Waals surface area contributed by atoms with Gasteiger partial charge in [-0.2, -0.15) is 4.98 Å². The van der Waals surface area contributed by atoms with Gasteiger partial charge >= 0.3 is 5.69 Å². The van der Waals surface area contributed by atoms with Crippen LogP contribution in [0.15, 0.2) is 34.9 Å². The molecular formula is C11H8BrN3O3. The van der Waals surface area contributed by atoms with Gasteiger partial charge in [0.05, 0.1) is 4.92 Å². The van der Waals surface area contributed by atoms with Crippen LogP contribution in [0.4, 0.5) is 5.69 Å². The highest BCUT2D eigenvalue weighted by molar-refractivity contribution is 9.10. The van der Waals surface area contributed by atoms with Crippen molar-refractivity contribution in [1.82, 2.24) is 9.97 Å². The molecule has 0 spiro atoms. The van der Waals surface area contributed by atoms with Gasteiger partial charge in [0.1, 0.15) is 10.4 Å². The number of hydrogen-bond acceptors (Lipinski definition) is 5. The summed E-state index contributed by atoms with van der Waals surface area (Å²) in [7, 11) is 0. The molecule has 0 aliphatic rings. The minimum atomic E-state index is -0.502. The average molecular weight is 310 g/mol. The third kappa shape index (κ3) is 2.80. The molecule has 1 aromatic heterocycles. The van der Waals surface area contributed by atoms with Crippen LogP contribution < -0.4 is 4.74 Å². The quantitative estimate of drug-likeness (QED) is 0.494. The molecule has 0 N–H and O–H groups in total. The fourth-order valence-corrected chi connectivity index (χ4v) is 1.82. The maximum absolute atomic E-state index is 10.8. The van der Waals surface area contributed by atoms with Crippen LogP contribution in [0, 0.1) is 17.0 Å². The normalized spacial score (nSPS) is 10.1. The minimum absolute atomic E-state index is 0.107. The monoisotopic (exact) mass is 309 g/mol. The molecular weight excluding hydrogens is 302 g/mol. The lowest BCUT2D eigenvalue weighted by Gasteiger charge is -2.05. The lowest BCUT2D eigenvalue weighted by molar-refractivity contribution is -0.385. The lowest BCUT2D eigenvalue weighted by atomic mass is 10.3. The maximum Gasteiger partial charge on any atom is 0.311 e. The van der Waals surface area contributed by atoms with Gasteiger partial charge in [-0.15, -0.1) is 0 Å². The summed E-state index contributed by atoms with van der Waals surface area (Å²) in [5.41, 5.74) is -0.107. The zero-order chi connectivity index (χ0) is 13.1. The Morgan fingerprint density at radius 3 is 2.72 bits per heavy atom. The van der Waals surface area contributed by atoms with Gasteiger partial charge in [-0.3, -0.25) is 10.1 Å². The van der Waals surface area contributed by atoms with E-state index < -0.39 is 4.92 Å². The first kappa shape index (κ1) is 12.4. The van der Waals surface area contributed by atoms with Gasteiger partial charge in [-0.05, 0) is 28.9 Å². The van der Waals surface area contributed by atoms with Crippen LogP contribution >= 0.6 is 15.9 Å². The molecule has 0 radical (unpaired) electrons. The Kier molecular flexibility index (Phi) is 3.52. The summed E-state index contributed by atoms with van der Waals surface area (Å²) in [4.78, 5) is 18.4. The fraction of sp³-hybridized carbons (Fsp3) is 0.0909. The highest BCUT2D eigenvalue weighted by Crippen LogP contribution is 2.30. The summed E-state index contributed by atoms with van der Waals surface area (Å²) in [6, 6.07) is 7.67. The molecule has 2 aromatic rings. The van der Waals surface area contributed by atoms with Crippen molar-refractivity contribution in [3.05, 3.63) is 50.9 Å². The van der Waals surface area contributed by atoms with E-state index in [1.807, 2.05) is 0 Å². The van der Waals surface area contributed by atoms with Gasteiger partial charge in [0.25, 0.3) is 0 Å².